The van der Waals surface area contributed by atoms with Gasteiger partial charge in [0.25, 0.3) is 10.2 Å². The van der Waals surface area contributed by atoms with E-state index in [2.05, 4.69) is 10.0 Å². The maximum absolute atomic E-state index is 12.1. The van der Waals surface area contributed by atoms with E-state index >= 15 is 0 Å². The fraction of sp³-hybridized carbons (Fsp3) is 0.800. The van der Waals surface area contributed by atoms with Crippen molar-refractivity contribution in [2.75, 3.05) is 33.2 Å². The van der Waals surface area contributed by atoms with E-state index in [0.717, 1.165) is 4.90 Å². The number of imide groups is 1. The van der Waals surface area contributed by atoms with Gasteiger partial charge in [-0.3, -0.25) is 14.5 Å². The van der Waals surface area contributed by atoms with E-state index in [4.69, 9.17) is 0 Å². The van der Waals surface area contributed by atoms with Gasteiger partial charge in [0.05, 0.1) is 0 Å². The summed E-state index contributed by atoms with van der Waals surface area (Å²) < 4.78 is 27.9. The normalized spacial score (nSPS) is 26.8. The van der Waals surface area contributed by atoms with Gasteiger partial charge < -0.3 is 5.32 Å². The zero-order valence-electron chi connectivity index (χ0n) is 10.8. The van der Waals surface area contributed by atoms with Crippen LogP contribution in [0.2, 0.25) is 0 Å². The second-order valence-electron chi connectivity index (χ2n) is 4.65. The van der Waals surface area contributed by atoms with E-state index in [1.165, 1.54) is 11.4 Å². The van der Waals surface area contributed by atoms with Crippen molar-refractivity contribution >= 4 is 22.0 Å². The molecule has 0 aromatic carbocycles. The Bertz CT molecular complexity index is 472. The summed E-state index contributed by atoms with van der Waals surface area (Å²) in [6.45, 7) is 1.95. The van der Waals surface area contributed by atoms with Gasteiger partial charge in [-0.05, 0) is 6.42 Å². The highest BCUT2D eigenvalue weighted by molar-refractivity contribution is 7.87. The predicted molar refractivity (Wildman–Crippen MR) is 67.3 cm³/mol. The first-order chi connectivity index (χ1) is 8.92. The zero-order chi connectivity index (χ0) is 14.0. The van der Waals surface area contributed by atoms with Crippen molar-refractivity contribution in [2.45, 2.75) is 18.9 Å². The van der Waals surface area contributed by atoms with Crippen LogP contribution in [0.15, 0.2) is 0 Å². The average molecular weight is 290 g/mol. The summed E-state index contributed by atoms with van der Waals surface area (Å²) >= 11 is 0. The molecule has 0 saturated carbocycles. The Hall–Kier alpha value is -1.03. The maximum Gasteiger partial charge on any atom is 0.280 e. The Labute approximate surface area is 112 Å². The molecule has 1 unspecified atom stereocenters. The fourth-order valence-electron chi connectivity index (χ4n) is 2.16. The summed E-state index contributed by atoms with van der Waals surface area (Å²) in [5, 5.41) is 3.06. The number of likely N-dealkylation sites (N-methyl/N-ethyl adjacent to an activating group) is 1. The van der Waals surface area contributed by atoms with E-state index in [-0.39, 0.29) is 18.7 Å². The van der Waals surface area contributed by atoms with Gasteiger partial charge in [-0.25, -0.2) is 0 Å². The second kappa shape index (κ2) is 5.53. The van der Waals surface area contributed by atoms with Gasteiger partial charge in [-0.1, -0.05) is 0 Å². The molecule has 0 aromatic rings. The van der Waals surface area contributed by atoms with Crippen molar-refractivity contribution < 1.29 is 18.0 Å². The highest BCUT2D eigenvalue weighted by atomic mass is 32.2. The molecule has 8 nitrogen and oxygen atoms in total. The molecule has 2 amide bonds. The van der Waals surface area contributed by atoms with Crippen molar-refractivity contribution in [2.24, 2.45) is 0 Å². The van der Waals surface area contributed by atoms with Gasteiger partial charge in [0.2, 0.25) is 11.8 Å². The number of amides is 2. The van der Waals surface area contributed by atoms with Crippen LogP contribution < -0.4 is 10.0 Å². The molecule has 0 spiro atoms. The minimum Gasteiger partial charge on any atom is -0.314 e. The van der Waals surface area contributed by atoms with Crippen molar-refractivity contribution in [3.05, 3.63) is 0 Å². The number of rotatable bonds is 3. The number of carbonyl (C=O) groups excluding carboxylic acids is 2. The molecule has 9 heteroatoms. The number of nitrogens with zero attached hydrogens (tertiary/aromatic N) is 2. The molecule has 0 bridgehead atoms. The Morgan fingerprint density at radius 2 is 1.89 bits per heavy atom. The van der Waals surface area contributed by atoms with Crippen molar-refractivity contribution in [3.8, 4) is 0 Å². The average Bonchev–Trinajstić information content (AvgIpc) is 2.40. The molecule has 2 heterocycles. The summed E-state index contributed by atoms with van der Waals surface area (Å²) in [5.41, 5.74) is 0. The molecule has 19 heavy (non-hydrogen) atoms. The smallest absolute Gasteiger partial charge is 0.280 e. The molecule has 2 aliphatic heterocycles. The minimum atomic E-state index is -3.67. The van der Waals surface area contributed by atoms with E-state index in [0.29, 0.717) is 26.2 Å². The Morgan fingerprint density at radius 1 is 1.26 bits per heavy atom. The van der Waals surface area contributed by atoms with Crippen LogP contribution in [0.1, 0.15) is 12.8 Å². The van der Waals surface area contributed by atoms with Gasteiger partial charge in [-0.2, -0.15) is 17.4 Å². The number of hydrogen-bond donors (Lipinski definition) is 2. The zero-order valence-corrected chi connectivity index (χ0v) is 11.6. The number of nitrogens with one attached hydrogen (secondary N) is 2. The van der Waals surface area contributed by atoms with Crippen LogP contribution in [0.5, 0.6) is 0 Å². The van der Waals surface area contributed by atoms with Crippen LogP contribution in [0, 0.1) is 0 Å². The second-order valence-corrected chi connectivity index (χ2v) is 6.36. The SMILES string of the molecule is CN1C(=O)CCC(NS(=O)(=O)N2CCNCC2)C1=O. The molecular weight excluding hydrogens is 272 g/mol. The molecule has 2 saturated heterocycles. The minimum absolute atomic E-state index is 0.178. The van der Waals surface area contributed by atoms with Crippen LogP contribution in [0.4, 0.5) is 0 Å². The molecule has 0 aliphatic carbocycles. The van der Waals surface area contributed by atoms with Crippen LogP contribution in [-0.2, 0) is 19.8 Å². The first-order valence-corrected chi connectivity index (χ1v) is 7.64. The first-order valence-electron chi connectivity index (χ1n) is 6.20. The largest absolute Gasteiger partial charge is 0.314 e. The highest BCUT2D eigenvalue weighted by Gasteiger charge is 2.36. The summed E-state index contributed by atoms with van der Waals surface area (Å²) in [6, 6.07) is -0.845. The Balaban J connectivity index is 2.03. The third kappa shape index (κ3) is 3.11. The molecule has 1 atom stereocenters. The summed E-state index contributed by atoms with van der Waals surface area (Å²) in [6.07, 6.45) is 0.393. The molecule has 0 aromatic heterocycles. The lowest BCUT2D eigenvalue weighted by molar-refractivity contribution is -0.147. The topological polar surface area (TPSA) is 98.8 Å². The van der Waals surface area contributed by atoms with Crippen molar-refractivity contribution in [1.29, 1.82) is 0 Å². The van der Waals surface area contributed by atoms with Gasteiger partial charge in [0, 0.05) is 39.6 Å². The number of hydrogen-bond acceptors (Lipinski definition) is 5. The maximum atomic E-state index is 12.1. The van der Waals surface area contributed by atoms with Crippen LogP contribution in [0.25, 0.3) is 0 Å². The molecular formula is C10H18N4O4S. The quantitative estimate of drug-likeness (QED) is 0.579. The molecule has 2 rings (SSSR count). The Morgan fingerprint density at radius 3 is 2.53 bits per heavy atom. The third-order valence-corrected chi connectivity index (χ3v) is 4.98. The number of likely N-dealkylation sites (tertiary alicyclic amines) is 1. The predicted octanol–water partition coefficient (Wildman–Crippen LogP) is -2.13. The molecule has 2 fully saturated rings. The summed E-state index contributed by atoms with van der Waals surface area (Å²) in [5.74, 6) is -0.766. The molecule has 0 radical (unpaired) electrons. The summed E-state index contributed by atoms with van der Waals surface area (Å²) in [4.78, 5) is 24.2. The van der Waals surface area contributed by atoms with E-state index in [1.807, 2.05) is 0 Å². The van der Waals surface area contributed by atoms with Crippen LogP contribution in [-0.4, -0.2) is 68.7 Å². The monoisotopic (exact) mass is 290 g/mol. The van der Waals surface area contributed by atoms with Gasteiger partial charge >= 0.3 is 0 Å². The fourth-order valence-corrected chi connectivity index (χ4v) is 3.55. The Kier molecular flexibility index (Phi) is 4.19. The van der Waals surface area contributed by atoms with Gasteiger partial charge in [0.15, 0.2) is 0 Å². The van der Waals surface area contributed by atoms with E-state index < -0.39 is 22.2 Å². The van der Waals surface area contributed by atoms with Gasteiger partial charge in [-0.15, -0.1) is 0 Å². The standard InChI is InChI=1S/C10H18N4O4S/c1-13-9(15)3-2-8(10(13)16)12-19(17,18)14-6-4-11-5-7-14/h8,11-12H,2-7H2,1H3. The van der Waals surface area contributed by atoms with Gasteiger partial charge in [0.1, 0.15) is 6.04 Å². The highest BCUT2D eigenvalue weighted by Crippen LogP contribution is 2.13. The summed E-state index contributed by atoms with van der Waals surface area (Å²) in [7, 11) is -2.30. The van der Waals surface area contributed by atoms with E-state index in [1.54, 1.807) is 0 Å². The molecule has 2 N–H and O–H groups in total. The van der Waals surface area contributed by atoms with Crippen molar-refractivity contribution in [3.63, 3.8) is 0 Å². The number of piperazine rings is 1. The van der Waals surface area contributed by atoms with Crippen molar-refractivity contribution in [1.82, 2.24) is 19.2 Å². The number of piperidine rings is 1. The lowest BCUT2D eigenvalue weighted by Crippen LogP contribution is -2.57. The van der Waals surface area contributed by atoms with E-state index in [9.17, 15) is 18.0 Å². The molecule has 108 valence electrons. The van der Waals surface area contributed by atoms with Crippen LogP contribution in [0.3, 0.4) is 0 Å². The van der Waals surface area contributed by atoms with Crippen LogP contribution >= 0.6 is 0 Å². The molecule has 2 aliphatic rings. The lowest BCUT2D eigenvalue weighted by atomic mass is 10.1. The third-order valence-electron chi connectivity index (χ3n) is 3.36. The number of carbonyl (C=O) groups is 2. The first kappa shape index (κ1) is 14.4. The lowest BCUT2D eigenvalue weighted by Gasteiger charge is -2.31.